The smallest absolute Gasteiger partial charge is 0.245 e. The standard InChI is InChI=1S/C13H18N2O3/c1-10(16)15-12(9-18-2)13(17)14-8-11-6-4-3-5-7-11/h3-7,12H,8-9H2,1-2H3,(H,14,17)(H,15,16)/i1D3,3D,4D,5D,6D,7D,8D2. The summed E-state index contributed by atoms with van der Waals surface area (Å²) in [4.78, 5) is 24.0. The molecule has 5 heteroatoms. The number of rotatable bonds is 6. The Labute approximate surface area is 121 Å². The molecule has 2 amide bonds. The van der Waals surface area contributed by atoms with Crippen LogP contribution in [0, 0.1) is 0 Å². The molecule has 1 aromatic rings. The maximum atomic E-state index is 12.4. The van der Waals surface area contributed by atoms with E-state index in [9.17, 15) is 9.59 Å². The number of amides is 2. The molecular weight excluding hydrogens is 232 g/mol. The largest absolute Gasteiger partial charge is 0.382 e. The first-order valence-electron chi connectivity index (χ1n) is 9.84. The minimum atomic E-state index is -3.06. The number of nitrogens with one attached hydrogen (secondary N) is 2. The predicted octanol–water partition coefficient (Wildman–Crippen LogP) is 0.454. The predicted molar refractivity (Wildman–Crippen MR) is 67.8 cm³/mol. The van der Waals surface area contributed by atoms with E-state index in [2.05, 4.69) is 0 Å². The quantitative estimate of drug-likeness (QED) is 0.780. The summed E-state index contributed by atoms with van der Waals surface area (Å²) in [6.45, 7) is -6.48. The number of benzene rings is 1. The molecular formula is C13H18N2O3. The van der Waals surface area contributed by atoms with Gasteiger partial charge >= 0.3 is 0 Å². The van der Waals surface area contributed by atoms with Crippen LogP contribution in [0.4, 0.5) is 0 Å². The zero-order valence-electron chi connectivity index (χ0n) is 19.5. The second-order valence-electron chi connectivity index (χ2n) is 3.10. The molecule has 0 aromatic heterocycles. The number of carbonyl (C=O) groups is 2. The number of carbonyl (C=O) groups excluding carboxylic acids is 2. The molecule has 1 rings (SSSR count). The van der Waals surface area contributed by atoms with Gasteiger partial charge in [0.25, 0.3) is 0 Å². The normalized spacial score (nSPS) is 21.2. The van der Waals surface area contributed by atoms with Gasteiger partial charge in [0.15, 0.2) is 0 Å². The minimum Gasteiger partial charge on any atom is -0.382 e. The fourth-order valence-corrected chi connectivity index (χ4v) is 1.03. The Kier molecular flexibility index (Phi) is 2.23. The SMILES string of the molecule is [2H]c1c([2H])c([2H])c(C([2H])([2H])NC(=O)C(COC)NC(=O)C([2H])([2H])[2H])c([2H])c1[2H]. The first-order valence-corrected chi connectivity index (χ1v) is 4.84. The Morgan fingerprint density at radius 3 is 2.83 bits per heavy atom. The van der Waals surface area contributed by atoms with E-state index in [1.165, 1.54) is 0 Å². The third-order valence-corrected chi connectivity index (χ3v) is 1.77. The molecule has 2 N–H and O–H groups in total. The molecule has 98 valence electrons. The lowest BCUT2D eigenvalue weighted by Crippen LogP contribution is -2.48. The maximum Gasteiger partial charge on any atom is 0.245 e. The summed E-state index contributed by atoms with van der Waals surface area (Å²) in [5, 5.41) is 3.71. The molecule has 0 radical (unpaired) electrons. The number of hydrogen-bond donors (Lipinski definition) is 2. The molecule has 0 heterocycles. The second-order valence-corrected chi connectivity index (χ2v) is 3.10. The zero-order valence-corrected chi connectivity index (χ0v) is 9.51. The lowest BCUT2D eigenvalue weighted by atomic mass is 10.2. The molecule has 0 saturated heterocycles. The van der Waals surface area contributed by atoms with Crippen molar-refractivity contribution in [1.82, 2.24) is 10.6 Å². The van der Waals surface area contributed by atoms with E-state index in [1.54, 1.807) is 0 Å². The monoisotopic (exact) mass is 260 g/mol. The first-order chi connectivity index (χ1) is 12.6. The zero-order chi connectivity index (χ0) is 22.0. The molecule has 0 aliphatic carbocycles. The molecule has 1 unspecified atom stereocenters. The summed E-state index contributed by atoms with van der Waals surface area (Å²) < 4.78 is 80.0. The molecule has 0 spiro atoms. The molecule has 1 atom stereocenters. The van der Waals surface area contributed by atoms with Crippen molar-refractivity contribution in [1.29, 1.82) is 0 Å². The molecule has 18 heavy (non-hydrogen) atoms. The Morgan fingerprint density at radius 2 is 2.22 bits per heavy atom. The van der Waals surface area contributed by atoms with Crippen molar-refractivity contribution in [3.63, 3.8) is 0 Å². The topological polar surface area (TPSA) is 67.4 Å². The van der Waals surface area contributed by atoms with Crippen LogP contribution in [0.2, 0.25) is 0 Å². The summed E-state index contributed by atoms with van der Waals surface area (Å²) in [7, 11) is 1.16. The Bertz CT molecular complexity index is 752. The van der Waals surface area contributed by atoms with Gasteiger partial charge in [0.05, 0.1) is 16.2 Å². The molecule has 0 aliphatic rings. The highest BCUT2D eigenvalue weighted by atomic mass is 16.5. The first kappa shape index (κ1) is 5.40. The average molecular weight is 260 g/mol. The van der Waals surface area contributed by atoms with Gasteiger partial charge in [-0.3, -0.25) is 9.59 Å². The van der Waals surface area contributed by atoms with Gasteiger partial charge in [-0.2, -0.15) is 0 Å². The summed E-state index contributed by atoms with van der Waals surface area (Å²) in [6.07, 6.45) is 0. The third kappa shape index (κ3) is 4.97. The van der Waals surface area contributed by atoms with Crippen LogP contribution >= 0.6 is 0 Å². The Balaban J connectivity index is 3.23. The van der Waals surface area contributed by atoms with Gasteiger partial charge in [-0.15, -0.1) is 0 Å². The molecule has 0 saturated carbocycles. The highest BCUT2D eigenvalue weighted by Gasteiger charge is 2.18. The fraction of sp³-hybridized carbons (Fsp3) is 0.385. The van der Waals surface area contributed by atoms with Crippen molar-refractivity contribution in [3.8, 4) is 0 Å². The van der Waals surface area contributed by atoms with Crippen LogP contribution in [-0.4, -0.2) is 31.6 Å². The molecule has 0 aliphatic heterocycles. The summed E-state index contributed by atoms with van der Waals surface area (Å²) in [6, 6.07) is -5.63. The van der Waals surface area contributed by atoms with Crippen LogP contribution in [0.25, 0.3) is 0 Å². The molecule has 0 fully saturated rings. The van der Waals surface area contributed by atoms with Gasteiger partial charge in [-0.1, -0.05) is 30.2 Å². The van der Waals surface area contributed by atoms with Gasteiger partial charge in [-0.25, -0.2) is 0 Å². The van der Waals surface area contributed by atoms with Gasteiger partial charge in [0, 0.05) is 24.6 Å². The van der Waals surface area contributed by atoms with Crippen LogP contribution in [0.3, 0.4) is 0 Å². The van der Waals surface area contributed by atoms with Gasteiger partial charge < -0.3 is 15.4 Å². The van der Waals surface area contributed by atoms with E-state index in [1.807, 2.05) is 10.6 Å². The minimum absolute atomic E-state index is 0.496. The van der Waals surface area contributed by atoms with Crippen molar-refractivity contribution in [3.05, 3.63) is 35.8 Å². The van der Waals surface area contributed by atoms with Gasteiger partial charge in [0.1, 0.15) is 6.04 Å². The van der Waals surface area contributed by atoms with E-state index in [4.69, 9.17) is 18.4 Å². The van der Waals surface area contributed by atoms with Crippen molar-refractivity contribution >= 4 is 11.8 Å². The summed E-state index contributed by atoms with van der Waals surface area (Å²) in [5.41, 5.74) is -0.815. The van der Waals surface area contributed by atoms with E-state index < -0.39 is 73.6 Å². The highest BCUT2D eigenvalue weighted by Crippen LogP contribution is 1.97. The van der Waals surface area contributed by atoms with E-state index >= 15 is 0 Å². The molecule has 1 aromatic carbocycles. The van der Waals surface area contributed by atoms with Crippen molar-refractivity contribution in [2.24, 2.45) is 0 Å². The lowest BCUT2D eigenvalue weighted by Gasteiger charge is -2.16. The highest BCUT2D eigenvalue weighted by molar-refractivity contribution is 5.86. The summed E-state index contributed by atoms with van der Waals surface area (Å²) in [5.74, 6) is -2.68. The van der Waals surface area contributed by atoms with Gasteiger partial charge in [0.2, 0.25) is 11.8 Å². The van der Waals surface area contributed by atoms with Crippen molar-refractivity contribution in [2.45, 2.75) is 19.4 Å². The number of ether oxygens (including phenoxy) is 1. The molecule has 0 bridgehead atoms. The Hall–Kier alpha value is -1.88. The fourth-order valence-electron chi connectivity index (χ4n) is 1.03. The van der Waals surface area contributed by atoms with E-state index in [0.717, 1.165) is 7.11 Å². The third-order valence-electron chi connectivity index (χ3n) is 1.77. The lowest BCUT2D eigenvalue weighted by molar-refractivity contribution is -0.129. The summed E-state index contributed by atoms with van der Waals surface area (Å²) >= 11 is 0. The average Bonchev–Trinajstić information content (AvgIpc) is 2.56. The number of methoxy groups -OCH3 is 1. The number of hydrogen-bond acceptors (Lipinski definition) is 3. The van der Waals surface area contributed by atoms with E-state index in [0.29, 0.717) is 0 Å². The Morgan fingerprint density at radius 1 is 1.50 bits per heavy atom. The van der Waals surface area contributed by atoms with Crippen LogP contribution in [0.5, 0.6) is 0 Å². The van der Waals surface area contributed by atoms with Crippen molar-refractivity contribution < 1.29 is 28.0 Å². The van der Waals surface area contributed by atoms with Crippen LogP contribution in [-0.2, 0) is 20.8 Å². The van der Waals surface area contributed by atoms with Crippen LogP contribution in [0.15, 0.2) is 30.2 Å². The van der Waals surface area contributed by atoms with Crippen molar-refractivity contribution in [2.75, 3.05) is 13.7 Å². The molecule has 5 nitrogen and oxygen atoms in total. The van der Waals surface area contributed by atoms with Gasteiger partial charge in [-0.05, 0) is 5.56 Å². The van der Waals surface area contributed by atoms with Crippen LogP contribution in [0.1, 0.15) is 26.1 Å². The second kappa shape index (κ2) is 7.45. The van der Waals surface area contributed by atoms with Crippen LogP contribution < -0.4 is 10.6 Å². The van der Waals surface area contributed by atoms with E-state index in [-0.39, 0.29) is 0 Å². The maximum absolute atomic E-state index is 12.4.